The van der Waals surface area contributed by atoms with Crippen molar-refractivity contribution in [3.63, 3.8) is 0 Å². The van der Waals surface area contributed by atoms with Gasteiger partial charge in [-0.1, -0.05) is 0 Å². The fourth-order valence-corrected chi connectivity index (χ4v) is 1.15. The van der Waals surface area contributed by atoms with Gasteiger partial charge in [0.15, 0.2) is 5.11 Å². The lowest BCUT2D eigenvalue weighted by molar-refractivity contribution is 0.263. The molecule has 72 valence electrons. The van der Waals surface area contributed by atoms with Crippen molar-refractivity contribution in [2.45, 2.75) is 39.3 Å². The van der Waals surface area contributed by atoms with E-state index in [2.05, 4.69) is 10.6 Å². The van der Waals surface area contributed by atoms with Crippen molar-refractivity contribution in [3.05, 3.63) is 0 Å². The van der Waals surface area contributed by atoms with Crippen LogP contribution >= 0.6 is 12.2 Å². The molecule has 0 radical (unpaired) electrons. The topological polar surface area (TPSA) is 44.3 Å². The lowest BCUT2D eigenvalue weighted by Crippen LogP contribution is -2.49. The SMILES string of the molecule is CC(CO)NC(=S)NC(C)(C)C. The molecule has 12 heavy (non-hydrogen) atoms. The Morgan fingerprint density at radius 2 is 2.00 bits per heavy atom. The highest BCUT2D eigenvalue weighted by Gasteiger charge is 2.11. The Morgan fingerprint density at radius 1 is 1.50 bits per heavy atom. The first kappa shape index (κ1) is 11.6. The van der Waals surface area contributed by atoms with E-state index in [0.717, 1.165) is 0 Å². The van der Waals surface area contributed by atoms with Crippen LogP contribution in [0, 0.1) is 0 Å². The molecule has 0 aromatic heterocycles. The van der Waals surface area contributed by atoms with Gasteiger partial charge >= 0.3 is 0 Å². The standard InChI is InChI=1S/C8H18N2OS/c1-6(5-11)9-7(12)10-8(2,3)4/h6,11H,5H2,1-4H3,(H2,9,10,12). The molecule has 0 heterocycles. The summed E-state index contributed by atoms with van der Waals surface area (Å²) in [5, 5.41) is 15.4. The Bertz CT molecular complexity index is 154. The van der Waals surface area contributed by atoms with E-state index in [9.17, 15) is 0 Å². The quantitative estimate of drug-likeness (QED) is 0.559. The highest BCUT2D eigenvalue weighted by molar-refractivity contribution is 7.80. The summed E-state index contributed by atoms with van der Waals surface area (Å²) in [4.78, 5) is 0. The van der Waals surface area contributed by atoms with Crippen LogP contribution in [0.4, 0.5) is 0 Å². The molecule has 0 aliphatic rings. The number of hydrogen-bond acceptors (Lipinski definition) is 2. The Hall–Kier alpha value is -0.350. The first-order chi connectivity index (χ1) is 5.35. The van der Waals surface area contributed by atoms with Crippen molar-refractivity contribution in [3.8, 4) is 0 Å². The van der Waals surface area contributed by atoms with Crippen molar-refractivity contribution in [1.29, 1.82) is 0 Å². The zero-order valence-corrected chi connectivity index (χ0v) is 8.96. The number of aliphatic hydroxyl groups excluding tert-OH is 1. The van der Waals surface area contributed by atoms with E-state index in [1.54, 1.807) is 0 Å². The van der Waals surface area contributed by atoms with E-state index in [-0.39, 0.29) is 18.2 Å². The maximum Gasteiger partial charge on any atom is 0.166 e. The predicted molar refractivity (Wildman–Crippen MR) is 55.2 cm³/mol. The van der Waals surface area contributed by atoms with Crippen LogP contribution in [0.15, 0.2) is 0 Å². The van der Waals surface area contributed by atoms with Crippen LogP contribution in [0.25, 0.3) is 0 Å². The number of aliphatic hydroxyl groups is 1. The Labute approximate surface area is 79.5 Å². The summed E-state index contributed by atoms with van der Waals surface area (Å²) < 4.78 is 0. The molecule has 0 aliphatic carbocycles. The maximum absolute atomic E-state index is 8.73. The number of rotatable bonds is 2. The lowest BCUT2D eigenvalue weighted by atomic mass is 10.1. The maximum atomic E-state index is 8.73. The molecule has 1 unspecified atom stereocenters. The molecule has 0 saturated heterocycles. The van der Waals surface area contributed by atoms with Crippen LogP contribution in [0.3, 0.4) is 0 Å². The summed E-state index contributed by atoms with van der Waals surface area (Å²) in [7, 11) is 0. The third-order valence-electron chi connectivity index (χ3n) is 1.14. The summed E-state index contributed by atoms with van der Waals surface area (Å²) in [6, 6.07) is 0.00681. The Kier molecular flexibility index (Phi) is 4.49. The minimum Gasteiger partial charge on any atom is -0.394 e. The molecular weight excluding hydrogens is 172 g/mol. The highest BCUT2D eigenvalue weighted by atomic mass is 32.1. The molecule has 3 nitrogen and oxygen atoms in total. The van der Waals surface area contributed by atoms with E-state index in [1.807, 2.05) is 27.7 Å². The summed E-state index contributed by atoms with van der Waals surface area (Å²) in [6.07, 6.45) is 0. The van der Waals surface area contributed by atoms with Gasteiger partial charge in [0.1, 0.15) is 0 Å². The molecule has 0 fully saturated rings. The van der Waals surface area contributed by atoms with Crippen LogP contribution in [-0.4, -0.2) is 28.4 Å². The van der Waals surface area contributed by atoms with Crippen molar-refractivity contribution in [2.75, 3.05) is 6.61 Å². The van der Waals surface area contributed by atoms with Gasteiger partial charge in [-0.3, -0.25) is 0 Å². The molecule has 0 rings (SSSR count). The molecule has 1 atom stereocenters. The summed E-state index contributed by atoms with van der Waals surface area (Å²) in [5.74, 6) is 0. The molecule has 0 aromatic rings. The van der Waals surface area contributed by atoms with Gasteiger partial charge in [0, 0.05) is 11.6 Å². The smallest absolute Gasteiger partial charge is 0.166 e. The van der Waals surface area contributed by atoms with Gasteiger partial charge in [-0.2, -0.15) is 0 Å². The van der Waals surface area contributed by atoms with Gasteiger partial charge in [0.25, 0.3) is 0 Å². The van der Waals surface area contributed by atoms with Crippen LogP contribution in [-0.2, 0) is 0 Å². The molecule has 0 bridgehead atoms. The van der Waals surface area contributed by atoms with Gasteiger partial charge in [-0.25, -0.2) is 0 Å². The van der Waals surface area contributed by atoms with Crippen LogP contribution < -0.4 is 10.6 Å². The van der Waals surface area contributed by atoms with E-state index in [4.69, 9.17) is 17.3 Å². The van der Waals surface area contributed by atoms with Crippen LogP contribution in [0.5, 0.6) is 0 Å². The van der Waals surface area contributed by atoms with Crippen molar-refractivity contribution < 1.29 is 5.11 Å². The van der Waals surface area contributed by atoms with Gasteiger partial charge in [-0.15, -0.1) is 0 Å². The van der Waals surface area contributed by atoms with Crippen molar-refractivity contribution in [1.82, 2.24) is 10.6 Å². The van der Waals surface area contributed by atoms with Crippen molar-refractivity contribution in [2.24, 2.45) is 0 Å². The molecular formula is C8H18N2OS. The second-order valence-electron chi connectivity index (χ2n) is 3.93. The first-order valence-corrected chi connectivity index (χ1v) is 4.45. The normalized spacial score (nSPS) is 13.8. The molecule has 0 aliphatic heterocycles. The molecule has 0 saturated carbocycles. The molecule has 0 amide bonds. The monoisotopic (exact) mass is 190 g/mol. The fourth-order valence-electron chi connectivity index (χ4n) is 0.646. The highest BCUT2D eigenvalue weighted by Crippen LogP contribution is 1.97. The Morgan fingerprint density at radius 3 is 2.33 bits per heavy atom. The summed E-state index contributed by atoms with van der Waals surface area (Å²) >= 11 is 5.01. The lowest BCUT2D eigenvalue weighted by Gasteiger charge is -2.24. The summed E-state index contributed by atoms with van der Waals surface area (Å²) in [5.41, 5.74) is -0.0285. The zero-order valence-electron chi connectivity index (χ0n) is 8.14. The number of hydrogen-bond donors (Lipinski definition) is 3. The van der Waals surface area contributed by atoms with Crippen LogP contribution in [0.1, 0.15) is 27.7 Å². The fraction of sp³-hybridized carbons (Fsp3) is 0.875. The number of thiocarbonyl (C=S) groups is 1. The van der Waals surface area contributed by atoms with E-state index >= 15 is 0 Å². The third-order valence-corrected chi connectivity index (χ3v) is 1.36. The molecule has 3 N–H and O–H groups in total. The molecule has 0 aromatic carbocycles. The van der Waals surface area contributed by atoms with Gasteiger partial charge in [-0.05, 0) is 39.9 Å². The second kappa shape index (κ2) is 4.62. The minimum atomic E-state index is -0.0285. The summed E-state index contributed by atoms with van der Waals surface area (Å²) in [6.45, 7) is 8.06. The predicted octanol–water partition coefficient (Wildman–Crippen LogP) is 0.630. The first-order valence-electron chi connectivity index (χ1n) is 4.04. The molecule has 0 spiro atoms. The number of nitrogens with one attached hydrogen (secondary N) is 2. The van der Waals surface area contributed by atoms with E-state index in [1.165, 1.54) is 0 Å². The second-order valence-corrected chi connectivity index (χ2v) is 4.34. The average Bonchev–Trinajstić information content (AvgIpc) is 1.82. The average molecular weight is 190 g/mol. The zero-order chi connectivity index (χ0) is 9.78. The van der Waals surface area contributed by atoms with Crippen molar-refractivity contribution >= 4 is 17.3 Å². The van der Waals surface area contributed by atoms with E-state index in [0.29, 0.717) is 5.11 Å². The third kappa shape index (κ3) is 6.37. The largest absolute Gasteiger partial charge is 0.394 e. The minimum absolute atomic E-state index is 0.00681. The van der Waals surface area contributed by atoms with E-state index < -0.39 is 0 Å². The van der Waals surface area contributed by atoms with Gasteiger partial charge in [0.2, 0.25) is 0 Å². The van der Waals surface area contributed by atoms with Gasteiger partial charge in [0.05, 0.1) is 6.61 Å². The van der Waals surface area contributed by atoms with Gasteiger partial charge < -0.3 is 15.7 Å². The Balaban J connectivity index is 3.75. The van der Waals surface area contributed by atoms with Crippen LogP contribution in [0.2, 0.25) is 0 Å². The molecule has 4 heteroatoms.